The van der Waals surface area contributed by atoms with Crippen molar-refractivity contribution in [3.63, 3.8) is 0 Å². The van der Waals surface area contributed by atoms with Crippen LogP contribution in [-0.2, 0) is 32.7 Å². The van der Waals surface area contributed by atoms with Gasteiger partial charge in [-0.1, -0.05) is 322 Å². The predicted molar refractivity (Wildman–Crippen MR) is 317 cm³/mol. The van der Waals surface area contributed by atoms with Crippen molar-refractivity contribution >= 4 is 19.8 Å². The fourth-order valence-corrected chi connectivity index (χ4v) is 10.8. The molecule has 0 spiro atoms. The fraction of sp³-hybridized carbons (Fsp3) is 0.969. The van der Waals surface area contributed by atoms with Gasteiger partial charge in [0.1, 0.15) is 19.8 Å². The average Bonchev–Trinajstić information content (AvgIpc) is 3.36. The van der Waals surface area contributed by atoms with Gasteiger partial charge in [0.2, 0.25) is 0 Å². The lowest BCUT2D eigenvalue weighted by atomic mass is 10.0. The maximum Gasteiger partial charge on any atom is 0.472 e. The normalized spacial score (nSPS) is 13.1. The Hall–Kier alpha value is -0.990. The molecule has 0 fully saturated rings. The van der Waals surface area contributed by atoms with Crippen LogP contribution >= 0.6 is 7.82 Å². The van der Waals surface area contributed by atoms with Crippen LogP contribution in [0.15, 0.2) is 0 Å². The number of phosphoric acid groups is 1. The zero-order valence-corrected chi connectivity index (χ0v) is 51.3. The molecule has 0 aliphatic rings. The van der Waals surface area contributed by atoms with Crippen molar-refractivity contribution in [2.24, 2.45) is 0 Å². The van der Waals surface area contributed by atoms with Crippen LogP contribution in [0.5, 0.6) is 0 Å². The molecule has 2 atom stereocenters. The molecule has 1 N–H and O–H groups in total. The molecule has 0 aliphatic carbocycles. The summed E-state index contributed by atoms with van der Waals surface area (Å²) < 4.78 is 34.6. The number of phosphoric ester groups is 1. The lowest BCUT2D eigenvalue weighted by molar-refractivity contribution is -0.870. The van der Waals surface area contributed by atoms with Gasteiger partial charge >= 0.3 is 19.8 Å². The second kappa shape index (κ2) is 56.7. The minimum Gasteiger partial charge on any atom is -0.462 e. The van der Waals surface area contributed by atoms with E-state index < -0.39 is 26.5 Å². The number of likely N-dealkylation sites (N-methyl/N-ethyl adjacent to an activating group) is 1. The summed E-state index contributed by atoms with van der Waals surface area (Å²) in [5.74, 6) is -0.775. The number of hydrogen-bond donors (Lipinski definition) is 1. The van der Waals surface area contributed by atoms with Crippen LogP contribution in [0.25, 0.3) is 0 Å². The van der Waals surface area contributed by atoms with Gasteiger partial charge in [-0.05, 0) is 12.8 Å². The molecule has 2 unspecified atom stereocenters. The minimum absolute atomic E-state index is 0.0373. The number of quaternary nitrogens is 1. The molecular formula is C64H129NO8P+. The van der Waals surface area contributed by atoms with Gasteiger partial charge in [-0.2, -0.15) is 0 Å². The van der Waals surface area contributed by atoms with Crippen LogP contribution in [0, 0.1) is 0 Å². The molecule has 0 heterocycles. The van der Waals surface area contributed by atoms with E-state index in [2.05, 4.69) is 13.8 Å². The van der Waals surface area contributed by atoms with Crippen LogP contribution in [0.3, 0.4) is 0 Å². The van der Waals surface area contributed by atoms with E-state index in [-0.39, 0.29) is 25.6 Å². The average molecular weight is 1070 g/mol. The van der Waals surface area contributed by atoms with Crippen molar-refractivity contribution in [3.05, 3.63) is 0 Å². The van der Waals surface area contributed by atoms with Gasteiger partial charge in [0, 0.05) is 12.8 Å². The van der Waals surface area contributed by atoms with E-state index >= 15 is 0 Å². The summed E-state index contributed by atoms with van der Waals surface area (Å²) in [5.41, 5.74) is 0. The van der Waals surface area contributed by atoms with E-state index in [0.29, 0.717) is 17.4 Å². The standard InChI is InChI=1S/C64H128NO8P/c1-6-8-10-12-14-16-18-20-21-22-23-24-25-26-27-28-29-30-31-32-33-34-35-36-37-38-39-40-41-42-43-45-47-49-51-53-55-57-64(67)73-62(61-72-74(68,69)71-59-58-65(3,4)5)60-70-63(66)56-54-52-50-48-46-44-19-17-15-13-11-9-7-2/h62H,6-61H2,1-5H3/p+1. The lowest BCUT2D eigenvalue weighted by Gasteiger charge is -2.24. The second-order valence-corrected chi connectivity index (χ2v) is 25.3. The maximum absolute atomic E-state index is 12.8. The van der Waals surface area contributed by atoms with Crippen molar-refractivity contribution in [1.82, 2.24) is 0 Å². The summed E-state index contributed by atoms with van der Waals surface area (Å²) in [7, 11) is 1.50. The molecule has 0 aromatic heterocycles. The topological polar surface area (TPSA) is 108 Å². The number of ether oxygens (including phenoxy) is 2. The van der Waals surface area contributed by atoms with Crippen LogP contribution in [-0.4, -0.2) is 74.9 Å². The molecule has 9 nitrogen and oxygen atoms in total. The number of unbranched alkanes of at least 4 members (excludes halogenated alkanes) is 48. The zero-order valence-electron chi connectivity index (χ0n) is 50.4. The van der Waals surface area contributed by atoms with Crippen molar-refractivity contribution in [1.29, 1.82) is 0 Å². The SMILES string of the molecule is CCCCCCCCCCCCCCCCCCCCCCCCCCCCCCCCCCCCCCCC(=O)OC(COC(=O)CCCCCCCCCCCCCCC)COP(=O)(O)OCC[N+](C)(C)C. The molecule has 0 amide bonds. The lowest BCUT2D eigenvalue weighted by Crippen LogP contribution is -2.37. The maximum atomic E-state index is 12.8. The first-order chi connectivity index (χ1) is 36.0. The van der Waals surface area contributed by atoms with Gasteiger partial charge in [0.25, 0.3) is 0 Å². The van der Waals surface area contributed by atoms with Gasteiger partial charge in [0.05, 0.1) is 27.7 Å². The predicted octanol–water partition coefficient (Wildman–Crippen LogP) is 20.6. The quantitative estimate of drug-likeness (QED) is 0.0278. The number of nitrogens with zero attached hydrogens (tertiary/aromatic N) is 1. The molecule has 0 aromatic rings. The van der Waals surface area contributed by atoms with Crippen LogP contribution in [0.2, 0.25) is 0 Å². The number of esters is 2. The molecule has 10 heteroatoms. The smallest absolute Gasteiger partial charge is 0.462 e. The summed E-state index contributed by atoms with van der Waals surface area (Å²) >= 11 is 0. The Labute approximate surface area is 461 Å². The van der Waals surface area contributed by atoms with Gasteiger partial charge in [-0.3, -0.25) is 18.6 Å². The van der Waals surface area contributed by atoms with Gasteiger partial charge < -0.3 is 18.9 Å². The second-order valence-electron chi connectivity index (χ2n) is 23.9. The molecule has 0 saturated carbocycles. The highest BCUT2D eigenvalue weighted by Gasteiger charge is 2.27. The number of carbonyl (C=O) groups is 2. The molecule has 0 rings (SSSR count). The van der Waals surface area contributed by atoms with Crippen molar-refractivity contribution in [3.8, 4) is 0 Å². The van der Waals surface area contributed by atoms with E-state index in [9.17, 15) is 19.0 Å². The number of carbonyl (C=O) groups excluding carboxylic acids is 2. The minimum atomic E-state index is -4.38. The highest BCUT2D eigenvalue weighted by molar-refractivity contribution is 7.47. The van der Waals surface area contributed by atoms with Crippen molar-refractivity contribution in [2.45, 2.75) is 354 Å². The third-order valence-electron chi connectivity index (χ3n) is 15.1. The van der Waals surface area contributed by atoms with Crippen LogP contribution in [0.4, 0.5) is 0 Å². The molecule has 0 radical (unpaired) electrons. The first kappa shape index (κ1) is 73.0. The van der Waals surface area contributed by atoms with E-state index in [1.165, 1.54) is 283 Å². The Balaban J connectivity index is 3.84. The molecular weight excluding hydrogens is 942 g/mol. The Morgan fingerprint density at radius 2 is 0.608 bits per heavy atom. The molecule has 0 bridgehead atoms. The molecule has 0 saturated heterocycles. The third kappa shape index (κ3) is 60.2. The molecule has 0 aliphatic heterocycles. The summed E-state index contributed by atoms with van der Waals surface area (Å²) in [6.45, 7) is 4.50. The summed E-state index contributed by atoms with van der Waals surface area (Å²) in [6.07, 6.45) is 66.5. The monoisotopic (exact) mass is 1070 g/mol. The summed E-state index contributed by atoms with van der Waals surface area (Å²) in [5, 5.41) is 0. The first-order valence-corrected chi connectivity index (χ1v) is 34.3. The zero-order chi connectivity index (χ0) is 54.2. The van der Waals surface area contributed by atoms with Gasteiger partial charge in [-0.25, -0.2) is 4.57 Å². The van der Waals surface area contributed by atoms with E-state index in [1.54, 1.807) is 0 Å². The van der Waals surface area contributed by atoms with E-state index in [4.69, 9.17) is 18.5 Å². The summed E-state index contributed by atoms with van der Waals surface area (Å²) in [6, 6.07) is 0. The van der Waals surface area contributed by atoms with Crippen molar-refractivity contribution < 1.29 is 42.1 Å². The van der Waals surface area contributed by atoms with Crippen LogP contribution < -0.4 is 0 Å². The Kier molecular flexibility index (Phi) is 56.0. The molecule has 0 aromatic carbocycles. The Bertz CT molecular complexity index is 1210. The first-order valence-electron chi connectivity index (χ1n) is 32.8. The third-order valence-corrected chi connectivity index (χ3v) is 16.1. The van der Waals surface area contributed by atoms with Gasteiger partial charge in [0.15, 0.2) is 6.10 Å². The van der Waals surface area contributed by atoms with Gasteiger partial charge in [-0.15, -0.1) is 0 Å². The largest absolute Gasteiger partial charge is 0.472 e. The number of hydrogen-bond acceptors (Lipinski definition) is 7. The fourth-order valence-electron chi connectivity index (χ4n) is 10.1. The number of rotatable bonds is 62. The molecule has 442 valence electrons. The van der Waals surface area contributed by atoms with Crippen molar-refractivity contribution in [2.75, 3.05) is 47.5 Å². The van der Waals surface area contributed by atoms with E-state index in [1.807, 2.05) is 21.1 Å². The highest BCUT2D eigenvalue weighted by atomic mass is 31.2. The van der Waals surface area contributed by atoms with Crippen LogP contribution in [0.1, 0.15) is 348 Å². The molecule has 74 heavy (non-hydrogen) atoms. The Morgan fingerprint density at radius 1 is 0.365 bits per heavy atom. The summed E-state index contributed by atoms with van der Waals surface area (Å²) in [4.78, 5) is 35.6. The Morgan fingerprint density at radius 3 is 0.865 bits per heavy atom. The van der Waals surface area contributed by atoms with E-state index in [0.717, 1.165) is 38.5 Å². The highest BCUT2D eigenvalue weighted by Crippen LogP contribution is 2.43.